The second-order valence-corrected chi connectivity index (χ2v) is 8.67. The number of hydrogen-bond donors (Lipinski definition) is 0. The fourth-order valence-corrected chi connectivity index (χ4v) is 5.03. The fourth-order valence-electron chi connectivity index (χ4n) is 3.60. The topological polar surface area (TPSA) is 76.1 Å². The van der Waals surface area contributed by atoms with Crippen molar-refractivity contribution < 1.29 is 22.7 Å². The highest BCUT2D eigenvalue weighted by Crippen LogP contribution is 2.29. The lowest BCUT2D eigenvalue weighted by Crippen LogP contribution is -2.40. The normalized spacial score (nSPS) is 19.5. The third-order valence-electron chi connectivity index (χ3n) is 5.20. The van der Waals surface area contributed by atoms with Gasteiger partial charge >= 0.3 is 0 Å². The molecule has 3 rings (SSSR count). The van der Waals surface area contributed by atoms with Crippen LogP contribution in [-0.2, 0) is 14.8 Å². The van der Waals surface area contributed by atoms with Gasteiger partial charge in [0.25, 0.3) is 5.91 Å². The lowest BCUT2D eigenvalue weighted by molar-refractivity contribution is 0.0726. The van der Waals surface area contributed by atoms with Crippen LogP contribution in [0.2, 0.25) is 0 Å². The van der Waals surface area contributed by atoms with Crippen LogP contribution in [-0.4, -0.2) is 70.0 Å². The van der Waals surface area contributed by atoms with Crippen LogP contribution in [0.5, 0.6) is 5.75 Å². The molecule has 0 aromatic heterocycles. The maximum atomic E-state index is 13.0. The number of hydrogen-bond acceptors (Lipinski definition) is 5. The van der Waals surface area contributed by atoms with E-state index in [1.54, 1.807) is 18.0 Å². The Morgan fingerprint density at radius 1 is 1.23 bits per heavy atom. The zero-order valence-electron chi connectivity index (χ0n) is 15.3. The second-order valence-electron chi connectivity index (χ2n) is 6.73. The van der Waals surface area contributed by atoms with E-state index in [0.717, 1.165) is 25.7 Å². The summed E-state index contributed by atoms with van der Waals surface area (Å²) in [6.45, 7) is 1.40. The molecule has 0 radical (unpaired) electrons. The van der Waals surface area contributed by atoms with E-state index in [1.807, 2.05) is 0 Å². The molecule has 1 aliphatic carbocycles. The van der Waals surface area contributed by atoms with Crippen molar-refractivity contribution in [1.82, 2.24) is 9.21 Å². The number of ether oxygens (including phenoxy) is 2. The van der Waals surface area contributed by atoms with Gasteiger partial charge in [-0.05, 0) is 31.0 Å². The van der Waals surface area contributed by atoms with E-state index in [2.05, 4.69) is 0 Å². The van der Waals surface area contributed by atoms with E-state index in [-0.39, 0.29) is 22.4 Å². The Hall–Kier alpha value is -1.64. The van der Waals surface area contributed by atoms with Crippen molar-refractivity contribution in [2.75, 3.05) is 40.5 Å². The molecule has 0 unspecified atom stereocenters. The number of carbonyl (C=O) groups is 1. The number of benzene rings is 1. The summed E-state index contributed by atoms with van der Waals surface area (Å²) in [4.78, 5) is 14.8. The molecule has 1 aliphatic heterocycles. The highest BCUT2D eigenvalue weighted by atomic mass is 32.2. The summed E-state index contributed by atoms with van der Waals surface area (Å²) in [5, 5.41) is 0. The Morgan fingerprint density at radius 3 is 2.50 bits per heavy atom. The maximum absolute atomic E-state index is 13.0. The average molecular weight is 382 g/mol. The average Bonchev–Trinajstić information content (AvgIpc) is 3.21. The lowest BCUT2D eigenvalue weighted by atomic mass is 10.1. The van der Waals surface area contributed by atoms with Crippen molar-refractivity contribution in [3.05, 3.63) is 23.8 Å². The summed E-state index contributed by atoms with van der Waals surface area (Å²) < 4.78 is 37.7. The van der Waals surface area contributed by atoms with Crippen molar-refractivity contribution in [3.63, 3.8) is 0 Å². The molecule has 1 heterocycles. The number of methoxy groups -OCH3 is 1. The van der Waals surface area contributed by atoms with Crippen LogP contribution in [0.25, 0.3) is 0 Å². The van der Waals surface area contributed by atoms with Gasteiger partial charge in [-0.25, -0.2) is 8.42 Å². The van der Waals surface area contributed by atoms with Crippen LogP contribution in [0.4, 0.5) is 0 Å². The minimum Gasteiger partial charge on any atom is -0.496 e. The first kappa shape index (κ1) is 19.1. The number of carbonyl (C=O) groups excluding carboxylic acids is 1. The van der Waals surface area contributed by atoms with E-state index in [9.17, 15) is 13.2 Å². The molecule has 1 aromatic carbocycles. The standard InChI is InChI=1S/C18H26N2O5S/c1-19(14-5-3-4-6-14)18(21)16-13-15(7-8-17(16)24-2)26(22,23)20-9-11-25-12-10-20/h7-8,13-14H,3-6,9-12H2,1-2H3. The summed E-state index contributed by atoms with van der Waals surface area (Å²) in [5.41, 5.74) is 0.288. The van der Waals surface area contributed by atoms with Gasteiger partial charge in [-0.2, -0.15) is 4.31 Å². The number of nitrogens with zero attached hydrogens (tertiary/aromatic N) is 2. The molecule has 26 heavy (non-hydrogen) atoms. The molecular weight excluding hydrogens is 356 g/mol. The number of rotatable bonds is 5. The Balaban J connectivity index is 1.92. The summed E-state index contributed by atoms with van der Waals surface area (Å²) in [7, 11) is -0.398. The molecule has 0 N–H and O–H groups in total. The highest BCUT2D eigenvalue weighted by molar-refractivity contribution is 7.89. The van der Waals surface area contributed by atoms with E-state index in [4.69, 9.17) is 9.47 Å². The third kappa shape index (κ3) is 3.72. The minimum absolute atomic E-state index is 0.114. The molecule has 144 valence electrons. The van der Waals surface area contributed by atoms with Gasteiger partial charge < -0.3 is 14.4 Å². The molecule has 1 saturated heterocycles. The van der Waals surface area contributed by atoms with Gasteiger partial charge in [0.1, 0.15) is 5.75 Å². The first-order valence-corrected chi connectivity index (χ1v) is 10.4. The van der Waals surface area contributed by atoms with Crippen LogP contribution >= 0.6 is 0 Å². The van der Waals surface area contributed by atoms with Crippen molar-refractivity contribution in [2.24, 2.45) is 0 Å². The molecule has 0 bridgehead atoms. The highest BCUT2D eigenvalue weighted by Gasteiger charge is 2.30. The summed E-state index contributed by atoms with van der Waals surface area (Å²) >= 11 is 0. The first-order chi connectivity index (χ1) is 12.4. The minimum atomic E-state index is -3.66. The SMILES string of the molecule is COc1ccc(S(=O)(=O)N2CCOCC2)cc1C(=O)N(C)C1CCCC1. The summed E-state index contributed by atoms with van der Waals surface area (Å²) in [6, 6.07) is 4.70. The Bertz CT molecular complexity index is 753. The van der Waals surface area contributed by atoms with Crippen molar-refractivity contribution in [3.8, 4) is 5.75 Å². The van der Waals surface area contributed by atoms with Gasteiger partial charge in [0.15, 0.2) is 0 Å². The second kappa shape index (κ2) is 7.94. The molecule has 2 fully saturated rings. The zero-order chi connectivity index (χ0) is 18.7. The molecule has 0 atom stereocenters. The van der Waals surface area contributed by atoms with E-state index < -0.39 is 10.0 Å². The lowest BCUT2D eigenvalue weighted by Gasteiger charge is -2.27. The third-order valence-corrected chi connectivity index (χ3v) is 7.10. The molecule has 0 spiro atoms. The quantitative estimate of drug-likeness (QED) is 0.775. The van der Waals surface area contributed by atoms with Crippen molar-refractivity contribution in [2.45, 2.75) is 36.6 Å². The molecule has 1 aromatic rings. The smallest absolute Gasteiger partial charge is 0.257 e. The maximum Gasteiger partial charge on any atom is 0.257 e. The predicted octanol–water partition coefficient (Wildman–Crippen LogP) is 1.73. The Kier molecular flexibility index (Phi) is 5.84. The zero-order valence-corrected chi connectivity index (χ0v) is 16.1. The first-order valence-electron chi connectivity index (χ1n) is 8.98. The van der Waals surface area contributed by atoms with Crippen LogP contribution in [0.3, 0.4) is 0 Å². The molecule has 7 nitrogen and oxygen atoms in total. The molecule has 2 aliphatic rings. The van der Waals surface area contributed by atoms with E-state index in [0.29, 0.717) is 32.1 Å². The van der Waals surface area contributed by atoms with Crippen LogP contribution < -0.4 is 4.74 Å². The van der Waals surface area contributed by atoms with Gasteiger partial charge in [-0.15, -0.1) is 0 Å². The van der Waals surface area contributed by atoms with Crippen LogP contribution in [0.15, 0.2) is 23.1 Å². The molecule has 1 saturated carbocycles. The molecule has 8 heteroatoms. The van der Waals surface area contributed by atoms with Gasteiger partial charge in [0, 0.05) is 26.2 Å². The van der Waals surface area contributed by atoms with E-state index in [1.165, 1.54) is 23.5 Å². The monoisotopic (exact) mass is 382 g/mol. The fraction of sp³-hybridized carbons (Fsp3) is 0.611. The van der Waals surface area contributed by atoms with Crippen LogP contribution in [0, 0.1) is 0 Å². The number of morpholine rings is 1. The van der Waals surface area contributed by atoms with Crippen LogP contribution in [0.1, 0.15) is 36.0 Å². The van der Waals surface area contributed by atoms with Gasteiger partial charge in [-0.1, -0.05) is 12.8 Å². The summed E-state index contributed by atoms with van der Waals surface area (Å²) in [5.74, 6) is 0.188. The van der Waals surface area contributed by atoms with Gasteiger partial charge in [-0.3, -0.25) is 4.79 Å². The molecular formula is C18H26N2O5S. The van der Waals surface area contributed by atoms with Crippen molar-refractivity contribution >= 4 is 15.9 Å². The number of sulfonamides is 1. The summed E-state index contributed by atoms with van der Waals surface area (Å²) in [6.07, 6.45) is 4.20. The van der Waals surface area contributed by atoms with Gasteiger partial charge in [0.05, 0.1) is 30.8 Å². The Morgan fingerprint density at radius 2 is 1.88 bits per heavy atom. The number of amides is 1. The largest absolute Gasteiger partial charge is 0.496 e. The molecule has 1 amide bonds. The van der Waals surface area contributed by atoms with E-state index >= 15 is 0 Å². The predicted molar refractivity (Wildman–Crippen MR) is 96.9 cm³/mol. The Labute approximate surface area is 154 Å². The van der Waals surface area contributed by atoms with Crippen molar-refractivity contribution in [1.29, 1.82) is 0 Å². The van der Waals surface area contributed by atoms with Gasteiger partial charge in [0.2, 0.25) is 10.0 Å².